The predicted octanol–water partition coefficient (Wildman–Crippen LogP) is 3.47. The molecule has 1 N–H and O–H groups in total. The van der Waals surface area contributed by atoms with Crippen molar-refractivity contribution >= 4 is 28.3 Å². The second-order valence-corrected chi connectivity index (χ2v) is 5.91. The Morgan fingerprint density at radius 2 is 1.96 bits per heavy atom. The fourth-order valence-corrected chi connectivity index (χ4v) is 3.27. The smallest absolute Gasteiger partial charge is 0.299 e. The molecule has 4 nitrogen and oxygen atoms in total. The van der Waals surface area contributed by atoms with E-state index in [1.54, 1.807) is 4.90 Å². The molecule has 0 bridgehead atoms. The van der Waals surface area contributed by atoms with E-state index in [0.29, 0.717) is 17.4 Å². The number of carbonyl (C=O) groups is 2. The third kappa shape index (κ3) is 2.29. The number of halogens is 1. The number of carbonyl (C=O) groups excluding carboxylic acids is 2. The van der Waals surface area contributed by atoms with Crippen LogP contribution in [0.15, 0.2) is 48.7 Å². The first kappa shape index (κ1) is 14.6. The summed E-state index contributed by atoms with van der Waals surface area (Å²) in [4.78, 5) is 29.9. The Hall–Kier alpha value is -2.95. The van der Waals surface area contributed by atoms with Gasteiger partial charge in [0.25, 0.3) is 11.7 Å². The third-order valence-electron chi connectivity index (χ3n) is 4.44. The standard InChI is InChI=1S/C19H15FN2O2/c20-13-7-8-14-15(11-21-16(14)10-13)18(23)19(24)22-9-3-5-12-4-1-2-6-17(12)22/h1-2,4,6-8,10-11,21H,3,5,9H2. The topological polar surface area (TPSA) is 53.2 Å². The second kappa shape index (κ2) is 5.60. The van der Waals surface area contributed by atoms with Crippen molar-refractivity contribution in [1.82, 2.24) is 4.98 Å². The quantitative estimate of drug-likeness (QED) is 0.580. The minimum atomic E-state index is -0.579. The Kier molecular flexibility index (Phi) is 3.41. The summed E-state index contributed by atoms with van der Waals surface area (Å²) in [7, 11) is 0. The Bertz CT molecular complexity index is 961. The fraction of sp³-hybridized carbons (Fsp3) is 0.158. The predicted molar refractivity (Wildman–Crippen MR) is 89.7 cm³/mol. The van der Waals surface area contributed by atoms with E-state index in [1.165, 1.54) is 24.4 Å². The van der Waals surface area contributed by atoms with Gasteiger partial charge in [0.2, 0.25) is 0 Å². The van der Waals surface area contributed by atoms with Gasteiger partial charge in [-0.3, -0.25) is 9.59 Å². The number of aromatic nitrogens is 1. The summed E-state index contributed by atoms with van der Waals surface area (Å²) in [5, 5.41) is 0.556. The molecule has 0 saturated heterocycles. The molecule has 24 heavy (non-hydrogen) atoms. The minimum absolute atomic E-state index is 0.276. The maximum Gasteiger partial charge on any atom is 0.299 e. The molecule has 4 rings (SSSR count). The molecule has 1 amide bonds. The highest BCUT2D eigenvalue weighted by molar-refractivity contribution is 6.49. The number of nitrogens with one attached hydrogen (secondary N) is 1. The average Bonchev–Trinajstić information content (AvgIpc) is 3.03. The first-order valence-corrected chi connectivity index (χ1v) is 7.86. The lowest BCUT2D eigenvalue weighted by atomic mass is 10.0. The number of nitrogens with zero attached hydrogens (tertiary/aromatic N) is 1. The summed E-state index contributed by atoms with van der Waals surface area (Å²) < 4.78 is 13.3. The van der Waals surface area contributed by atoms with Crippen molar-refractivity contribution in [1.29, 1.82) is 0 Å². The Morgan fingerprint density at radius 3 is 2.83 bits per heavy atom. The fourth-order valence-electron chi connectivity index (χ4n) is 3.27. The van der Waals surface area contributed by atoms with Crippen LogP contribution >= 0.6 is 0 Å². The molecule has 0 radical (unpaired) electrons. The van der Waals surface area contributed by atoms with Crippen LogP contribution in [0.2, 0.25) is 0 Å². The van der Waals surface area contributed by atoms with Gasteiger partial charge in [0, 0.05) is 29.3 Å². The maximum atomic E-state index is 13.3. The van der Waals surface area contributed by atoms with Crippen LogP contribution in [0.5, 0.6) is 0 Å². The molecule has 1 aromatic heterocycles. The molecule has 1 aliphatic rings. The molecule has 0 saturated carbocycles. The lowest BCUT2D eigenvalue weighted by Gasteiger charge is -2.28. The number of fused-ring (bicyclic) bond motifs is 2. The van der Waals surface area contributed by atoms with E-state index in [0.717, 1.165) is 24.1 Å². The van der Waals surface area contributed by atoms with E-state index in [9.17, 15) is 14.0 Å². The first-order valence-electron chi connectivity index (χ1n) is 7.86. The van der Waals surface area contributed by atoms with Crippen LogP contribution < -0.4 is 4.90 Å². The van der Waals surface area contributed by atoms with Crippen LogP contribution in [0.3, 0.4) is 0 Å². The second-order valence-electron chi connectivity index (χ2n) is 5.91. The number of hydrogen-bond acceptors (Lipinski definition) is 2. The molecule has 1 aliphatic heterocycles. The molecule has 0 spiro atoms. The van der Waals surface area contributed by atoms with Gasteiger partial charge >= 0.3 is 0 Å². The van der Waals surface area contributed by atoms with Crippen LogP contribution in [-0.2, 0) is 11.2 Å². The molecule has 3 aromatic rings. The number of ketones is 1. The number of aromatic amines is 1. The minimum Gasteiger partial charge on any atom is -0.360 e. The lowest BCUT2D eigenvalue weighted by Crippen LogP contribution is -2.40. The van der Waals surface area contributed by atoms with Gasteiger partial charge in [0.1, 0.15) is 5.82 Å². The van der Waals surface area contributed by atoms with Crippen LogP contribution in [0.25, 0.3) is 10.9 Å². The molecular weight excluding hydrogens is 307 g/mol. The number of aryl methyl sites for hydroxylation is 1. The van der Waals surface area contributed by atoms with Gasteiger partial charge in [-0.25, -0.2) is 4.39 Å². The van der Waals surface area contributed by atoms with Gasteiger partial charge in [-0.2, -0.15) is 0 Å². The van der Waals surface area contributed by atoms with E-state index < -0.39 is 11.7 Å². The summed E-state index contributed by atoms with van der Waals surface area (Å²) in [6, 6.07) is 11.8. The summed E-state index contributed by atoms with van der Waals surface area (Å²) >= 11 is 0. The van der Waals surface area contributed by atoms with E-state index in [4.69, 9.17) is 0 Å². The van der Waals surface area contributed by atoms with Crippen molar-refractivity contribution in [3.8, 4) is 0 Å². The zero-order valence-corrected chi connectivity index (χ0v) is 12.9. The van der Waals surface area contributed by atoms with Crippen molar-refractivity contribution in [2.75, 3.05) is 11.4 Å². The Morgan fingerprint density at radius 1 is 1.12 bits per heavy atom. The zero-order chi connectivity index (χ0) is 16.7. The average molecular weight is 322 g/mol. The number of amides is 1. The number of para-hydroxylation sites is 1. The molecular formula is C19H15FN2O2. The van der Waals surface area contributed by atoms with Crippen molar-refractivity contribution < 1.29 is 14.0 Å². The van der Waals surface area contributed by atoms with Gasteiger partial charge in [-0.15, -0.1) is 0 Å². The normalized spacial score (nSPS) is 13.8. The summed E-state index contributed by atoms with van der Waals surface area (Å²) in [6.45, 7) is 0.526. The maximum absolute atomic E-state index is 13.3. The number of Topliss-reactive ketones (excluding diaryl/α,β-unsaturated/α-hetero) is 1. The third-order valence-corrected chi connectivity index (χ3v) is 4.44. The molecule has 0 aliphatic carbocycles. The monoisotopic (exact) mass is 322 g/mol. The van der Waals surface area contributed by atoms with Crippen molar-refractivity contribution in [2.24, 2.45) is 0 Å². The van der Waals surface area contributed by atoms with Gasteiger partial charge in [0.15, 0.2) is 0 Å². The molecule has 2 aromatic carbocycles. The number of H-pyrrole nitrogens is 1. The molecule has 0 unspecified atom stereocenters. The van der Waals surface area contributed by atoms with Crippen LogP contribution in [0, 0.1) is 5.82 Å². The summed E-state index contributed by atoms with van der Waals surface area (Å²) in [5.41, 5.74) is 2.65. The van der Waals surface area contributed by atoms with E-state index in [2.05, 4.69) is 4.98 Å². The largest absolute Gasteiger partial charge is 0.360 e. The molecule has 5 heteroatoms. The molecule has 0 atom stereocenters. The molecule has 0 fully saturated rings. The highest BCUT2D eigenvalue weighted by Gasteiger charge is 2.29. The van der Waals surface area contributed by atoms with Crippen LogP contribution in [0.1, 0.15) is 22.3 Å². The SMILES string of the molecule is O=C(C(=O)N1CCCc2ccccc21)c1c[nH]c2cc(F)ccc12. The van der Waals surface area contributed by atoms with Gasteiger partial charge in [0.05, 0.1) is 5.56 Å². The van der Waals surface area contributed by atoms with Gasteiger partial charge in [-0.05, 0) is 42.7 Å². The van der Waals surface area contributed by atoms with Crippen molar-refractivity contribution in [2.45, 2.75) is 12.8 Å². The van der Waals surface area contributed by atoms with Crippen LogP contribution in [0.4, 0.5) is 10.1 Å². The Labute approximate surface area is 137 Å². The number of anilines is 1. The van der Waals surface area contributed by atoms with Crippen molar-refractivity contribution in [3.05, 3.63) is 65.6 Å². The van der Waals surface area contributed by atoms with Gasteiger partial charge < -0.3 is 9.88 Å². The van der Waals surface area contributed by atoms with E-state index >= 15 is 0 Å². The summed E-state index contributed by atoms with van der Waals surface area (Å²) in [6.07, 6.45) is 3.20. The molecule has 2 heterocycles. The molecule has 120 valence electrons. The number of hydrogen-bond donors (Lipinski definition) is 1. The zero-order valence-electron chi connectivity index (χ0n) is 12.9. The van der Waals surface area contributed by atoms with Gasteiger partial charge in [-0.1, -0.05) is 18.2 Å². The van der Waals surface area contributed by atoms with E-state index in [1.807, 2.05) is 24.3 Å². The highest BCUT2D eigenvalue weighted by Crippen LogP contribution is 2.28. The summed E-state index contributed by atoms with van der Waals surface area (Å²) in [5.74, 6) is -1.52. The first-order chi connectivity index (χ1) is 11.6. The Balaban J connectivity index is 1.71. The lowest BCUT2D eigenvalue weighted by molar-refractivity contribution is -0.114. The van der Waals surface area contributed by atoms with Crippen LogP contribution in [-0.4, -0.2) is 23.2 Å². The number of benzene rings is 2. The highest BCUT2D eigenvalue weighted by atomic mass is 19.1. The van der Waals surface area contributed by atoms with E-state index in [-0.39, 0.29) is 11.4 Å². The van der Waals surface area contributed by atoms with Crippen molar-refractivity contribution in [3.63, 3.8) is 0 Å². The number of rotatable bonds is 2.